The van der Waals surface area contributed by atoms with Gasteiger partial charge in [-0.05, 0) is 48.1 Å². The molecule has 0 fully saturated rings. The molecule has 1 aromatic heterocycles. The van der Waals surface area contributed by atoms with Crippen molar-refractivity contribution in [1.29, 1.82) is 0 Å². The van der Waals surface area contributed by atoms with Crippen LogP contribution < -0.4 is 10.2 Å². The molecule has 5 rings (SSSR count). The molecule has 0 saturated heterocycles. The second-order valence-electron chi connectivity index (χ2n) is 9.61. The minimum absolute atomic E-state index is 0.0760. The summed E-state index contributed by atoms with van der Waals surface area (Å²) in [7, 11) is 1.98. The molecule has 2 aromatic rings. The number of rotatable bonds is 4. The van der Waals surface area contributed by atoms with Gasteiger partial charge in [-0.2, -0.15) is 15.3 Å². The van der Waals surface area contributed by atoms with E-state index in [2.05, 4.69) is 64.7 Å². The third-order valence-electron chi connectivity index (χ3n) is 6.94. The molecule has 0 radical (unpaired) electrons. The summed E-state index contributed by atoms with van der Waals surface area (Å²) in [5.74, 6) is 0.975. The molecule has 3 heterocycles. The lowest BCUT2D eigenvalue weighted by molar-refractivity contribution is -0.119. The van der Waals surface area contributed by atoms with Crippen molar-refractivity contribution in [3.8, 4) is 0 Å². The Morgan fingerprint density at radius 3 is 2.78 bits per heavy atom. The Hall–Kier alpha value is -3.35. The number of benzene rings is 1. The number of hydrogen-bond acceptors (Lipinski definition) is 7. The van der Waals surface area contributed by atoms with Crippen LogP contribution >= 0.6 is 0 Å². The molecule has 0 amide bonds. The van der Waals surface area contributed by atoms with Gasteiger partial charge in [-0.3, -0.25) is 4.79 Å². The first-order valence-electron chi connectivity index (χ1n) is 11.1. The third-order valence-corrected chi connectivity index (χ3v) is 6.94. The van der Waals surface area contributed by atoms with Crippen molar-refractivity contribution in [3.05, 3.63) is 71.2 Å². The zero-order valence-corrected chi connectivity index (χ0v) is 19.0. The topological polar surface area (TPSA) is 82.8 Å². The molecule has 32 heavy (non-hydrogen) atoms. The number of allylic oxidation sites excluding steroid dienone is 2. The van der Waals surface area contributed by atoms with Crippen LogP contribution in [0.15, 0.2) is 75.9 Å². The van der Waals surface area contributed by atoms with Gasteiger partial charge in [-0.15, -0.1) is 5.10 Å². The van der Waals surface area contributed by atoms with E-state index in [4.69, 9.17) is 0 Å². The fraction of sp³-hybridized carbons (Fsp3) is 0.400. The molecule has 164 valence electrons. The fourth-order valence-electron chi connectivity index (χ4n) is 5.47. The summed E-state index contributed by atoms with van der Waals surface area (Å²) < 4.78 is 0. The summed E-state index contributed by atoms with van der Waals surface area (Å²) in [4.78, 5) is 15.6. The highest BCUT2D eigenvalue weighted by Gasteiger charge is 2.53. The van der Waals surface area contributed by atoms with Gasteiger partial charge in [0.15, 0.2) is 17.8 Å². The molecule has 1 aromatic carbocycles. The molecule has 2 aliphatic heterocycles. The van der Waals surface area contributed by atoms with Crippen molar-refractivity contribution in [2.24, 2.45) is 15.6 Å². The van der Waals surface area contributed by atoms with E-state index in [1.807, 2.05) is 36.3 Å². The van der Waals surface area contributed by atoms with E-state index < -0.39 is 5.41 Å². The zero-order valence-electron chi connectivity index (χ0n) is 19.0. The Labute approximate surface area is 188 Å². The number of carbonyl (C=O) groups is 1. The highest BCUT2D eigenvalue weighted by atomic mass is 16.1. The smallest absolute Gasteiger partial charge is 0.164 e. The predicted octanol–water partition coefficient (Wildman–Crippen LogP) is 4.81. The molecule has 0 bridgehead atoms. The average Bonchev–Trinajstić information content (AvgIpc) is 3.25. The molecular formula is C25H28N6O. The Bertz CT molecular complexity index is 1170. The van der Waals surface area contributed by atoms with Crippen LogP contribution in [0.4, 0.5) is 11.5 Å². The molecular weight excluding hydrogens is 400 g/mol. The van der Waals surface area contributed by atoms with Crippen molar-refractivity contribution < 1.29 is 4.79 Å². The van der Waals surface area contributed by atoms with Crippen LogP contribution in [0.5, 0.6) is 0 Å². The van der Waals surface area contributed by atoms with Crippen LogP contribution in [-0.2, 0) is 10.2 Å². The monoisotopic (exact) mass is 428 g/mol. The largest absolute Gasteiger partial charge is 0.362 e. The van der Waals surface area contributed by atoms with Gasteiger partial charge in [0.25, 0.3) is 0 Å². The number of fused-ring (bicyclic) bond motifs is 1. The van der Waals surface area contributed by atoms with Crippen LogP contribution in [-0.4, -0.2) is 29.2 Å². The maximum absolute atomic E-state index is 13.6. The molecule has 7 nitrogen and oxygen atoms in total. The molecule has 7 heteroatoms. The molecule has 0 saturated carbocycles. The van der Waals surface area contributed by atoms with Gasteiger partial charge in [0.05, 0.1) is 11.6 Å². The molecule has 1 N–H and O–H groups in total. The normalized spacial score (nSPS) is 25.7. The summed E-state index contributed by atoms with van der Waals surface area (Å²) in [6.45, 7) is 6.46. The Morgan fingerprint density at radius 1 is 1.19 bits per heavy atom. The SMILES string of the molecule is CC[C@]1(c2cccc(N(C)c3cccnn3)c2)C2=CN=NC2NC2=C1C(=O)CC(C)(C)C2. The van der Waals surface area contributed by atoms with Crippen molar-refractivity contribution in [3.63, 3.8) is 0 Å². The Kier molecular flexibility index (Phi) is 4.73. The number of nitrogens with zero attached hydrogens (tertiary/aromatic N) is 5. The fourth-order valence-corrected chi connectivity index (χ4v) is 5.47. The van der Waals surface area contributed by atoms with E-state index in [-0.39, 0.29) is 17.4 Å². The minimum atomic E-state index is -0.554. The second kappa shape index (κ2) is 7.36. The third kappa shape index (κ3) is 3.06. The van der Waals surface area contributed by atoms with Gasteiger partial charge in [-0.25, -0.2) is 0 Å². The van der Waals surface area contributed by atoms with Crippen LogP contribution in [0.2, 0.25) is 0 Å². The number of Topliss-reactive ketones (excluding diaryl/α,β-unsaturated/α-hetero) is 1. The average molecular weight is 429 g/mol. The first-order chi connectivity index (χ1) is 15.4. The summed E-state index contributed by atoms with van der Waals surface area (Å²) >= 11 is 0. The van der Waals surface area contributed by atoms with E-state index >= 15 is 0 Å². The highest BCUT2D eigenvalue weighted by molar-refractivity contribution is 6.01. The van der Waals surface area contributed by atoms with Gasteiger partial charge in [0.1, 0.15) is 0 Å². The number of nitrogens with one attached hydrogen (secondary N) is 1. The summed E-state index contributed by atoms with van der Waals surface area (Å²) in [5.41, 5.74) is 4.39. The molecule has 3 aliphatic rings. The number of azo groups is 1. The maximum Gasteiger partial charge on any atom is 0.164 e. The molecule has 2 atom stereocenters. The Morgan fingerprint density at radius 2 is 2.03 bits per heavy atom. The van der Waals surface area contributed by atoms with Crippen LogP contribution in [0, 0.1) is 5.41 Å². The first kappa shape index (κ1) is 20.5. The van der Waals surface area contributed by atoms with E-state index in [9.17, 15) is 4.79 Å². The van der Waals surface area contributed by atoms with Gasteiger partial charge in [0.2, 0.25) is 0 Å². The lowest BCUT2D eigenvalue weighted by Gasteiger charge is -2.48. The lowest BCUT2D eigenvalue weighted by Crippen LogP contribution is -2.51. The first-order valence-corrected chi connectivity index (χ1v) is 11.1. The molecule has 1 unspecified atom stereocenters. The number of ketones is 1. The van der Waals surface area contributed by atoms with E-state index in [1.165, 1.54) is 0 Å². The van der Waals surface area contributed by atoms with Crippen LogP contribution in [0.1, 0.15) is 45.6 Å². The number of anilines is 2. The zero-order chi connectivity index (χ0) is 22.5. The van der Waals surface area contributed by atoms with E-state index in [0.717, 1.165) is 46.8 Å². The van der Waals surface area contributed by atoms with Gasteiger partial charge in [-0.1, -0.05) is 32.9 Å². The van der Waals surface area contributed by atoms with Gasteiger partial charge in [0, 0.05) is 42.2 Å². The van der Waals surface area contributed by atoms with Crippen molar-refractivity contribution in [2.75, 3.05) is 11.9 Å². The van der Waals surface area contributed by atoms with E-state index in [1.54, 1.807) is 6.20 Å². The Balaban J connectivity index is 1.68. The summed E-state index contributed by atoms with van der Waals surface area (Å²) in [5, 5.41) is 20.5. The minimum Gasteiger partial charge on any atom is -0.362 e. The van der Waals surface area contributed by atoms with E-state index in [0.29, 0.717) is 6.42 Å². The molecule has 0 spiro atoms. The second-order valence-corrected chi connectivity index (χ2v) is 9.61. The van der Waals surface area contributed by atoms with Crippen LogP contribution in [0.3, 0.4) is 0 Å². The maximum atomic E-state index is 13.6. The van der Waals surface area contributed by atoms with Crippen LogP contribution in [0.25, 0.3) is 0 Å². The number of aromatic nitrogens is 2. The summed E-state index contributed by atoms with van der Waals surface area (Å²) in [6.07, 6.45) is 5.41. The van der Waals surface area contributed by atoms with Crippen molar-refractivity contribution in [2.45, 2.75) is 51.6 Å². The van der Waals surface area contributed by atoms with Crippen molar-refractivity contribution >= 4 is 17.3 Å². The van der Waals surface area contributed by atoms with Gasteiger partial charge < -0.3 is 10.2 Å². The quantitative estimate of drug-likeness (QED) is 0.755. The molecule has 1 aliphatic carbocycles. The van der Waals surface area contributed by atoms with Gasteiger partial charge >= 0.3 is 0 Å². The van der Waals surface area contributed by atoms with Crippen molar-refractivity contribution in [1.82, 2.24) is 15.5 Å². The number of carbonyl (C=O) groups excluding carboxylic acids is 1. The predicted molar refractivity (Wildman–Crippen MR) is 123 cm³/mol. The standard InChI is InChI=1S/C25H28N6O/c1-5-25(16-8-6-9-17(12-16)31(4)21-10-7-11-26-29-21)18-15-27-30-23(18)28-19-13-24(2,3)14-20(32)22(19)25/h6-12,15,23,28H,5,13-14H2,1-4H3/t23?,25-/m0/s1. The highest BCUT2D eigenvalue weighted by Crippen LogP contribution is 2.54. The number of hydrogen-bond donors (Lipinski definition) is 1. The summed E-state index contributed by atoms with van der Waals surface area (Å²) in [6, 6.07) is 12.2. The lowest BCUT2D eigenvalue weighted by atomic mass is 9.59.